The number of allylic oxidation sites excluding steroid dienone is 5. The van der Waals surface area contributed by atoms with E-state index in [1.54, 1.807) is 19.1 Å². The molecule has 3 nitrogen and oxygen atoms in total. The normalized spacial score (nSPS) is 13.0. The van der Waals surface area contributed by atoms with Gasteiger partial charge in [-0.25, -0.2) is 4.39 Å². The largest absolute Gasteiger partial charge is 0.259 e. The topological polar surface area (TPSA) is 43.1 Å². The van der Waals surface area contributed by atoms with E-state index in [0.717, 1.165) is 12.2 Å². The first-order valence-corrected chi connectivity index (χ1v) is 3.44. The molecular weight excluding hydrogens is 161 g/mol. The fourth-order valence-electron chi connectivity index (χ4n) is 0.516. The summed E-state index contributed by atoms with van der Waals surface area (Å²) in [7, 11) is 0. The van der Waals surface area contributed by atoms with Crippen molar-refractivity contribution in [2.24, 2.45) is 0 Å². The van der Waals surface area contributed by atoms with E-state index in [1.807, 2.05) is 0 Å². The summed E-state index contributed by atoms with van der Waals surface area (Å²) in [6.45, 7) is 1.78. The summed E-state index contributed by atoms with van der Waals surface area (Å²) in [5.74, 6) is -0.397. The highest BCUT2D eigenvalue weighted by molar-refractivity contribution is 5.07. The molecule has 0 saturated carbocycles. The van der Waals surface area contributed by atoms with E-state index >= 15 is 0 Å². The zero-order valence-corrected chi connectivity index (χ0v) is 6.74. The first kappa shape index (κ1) is 10.6. The number of halogens is 1. The minimum atomic E-state index is -0.639. The fraction of sp³-hybridized carbons (Fsp3) is 0.250. The van der Waals surface area contributed by atoms with Gasteiger partial charge in [-0.1, -0.05) is 12.2 Å². The molecule has 0 aromatic carbocycles. The molecule has 0 rings (SSSR count). The molecule has 0 amide bonds. The van der Waals surface area contributed by atoms with Crippen LogP contribution in [0.3, 0.4) is 0 Å². The van der Waals surface area contributed by atoms with Crippen LogP contribution in [0.1, 0.15) is 13.3 Å². The number of hydrogen-bond donors (Lipinski definition) is 0. The molecule has 0 atom stereocenters. The third kappa shape index (κ3) is 6.67. The van der Waals surface area contributed by atoms with Crippen LogP contribution >= 0.6 is 0 Å². The van der Waals surface area contributed by atoms with Gasteiger partial charge in [0.1, 0.15) is 5.83 Å². The molecular formula is C8H10FNO2. The zero-order chi connectivity index (χ0) is 9.40. The molecule has 0 fully saturated rings. The third-order valence-electron chi connectivity index (χ3n) is 1.03. The van der Waals surface area contributed by atoms with Gasteiger partial charge >= 0.3 is 0 Å². The van der Waals surface area contributed by atoms with Crippen molar-refractivity contribution in [3.63, 3.8) is 0 Å². The van der Waals surface area contributed by atoms with Crippen LogP contribution in [-0.4, -0.2) is 4.92 Å². The van der Waals surface area contributed by atoms with E-state index in [4.69, 9.17) is 0 Å². The van der Waals surface area contributed by atoms with Crippen molar-refractivity contribution >= 4 is 0 Å². The van der Waals surface area contributed by atoms with Crippen molar-refractivity contribution in [2.45, 2.75) is 13.3 Å². The van der Waals surface area contributed by atoms with E-state index in [9.17, 15) is 14.5 Å². The Hall–Kier alpha value is -1.45. The standard InChI is InChI=1S/C8H10FNO2/c1-2-3-5-8(9)6-4-7-10(11)12/h2-4,6-7H,5H2,1H3/b3-2?,7-4+,8-6+. The second-order valence-corrected chi connectivity index (χ2v) is 2.01. The van der Waals surface area contributed by atoms with Gasteiger partial charge in [0.05, 0.1) is 4.92 Å². The molecule has 66 valence electrons. The van der Waals surface area contributed by atoms with Gasteiger partial charge in [-0.05, 0) is 13.0 Å². The van der Waals surface area contributed by atoms with Gasteiger partial charge in [0.15, 0.2) is 0 Å². The lowest BCUT2D eigenvalue weighted by Crippen LogP contribution is -1.80. The zero-order valence-electron chi connectivity index (χ0n) is 6.74. The summed E-state index contributed by atoms with van der Waals surface area (Å²) in [6.07, 6.45) is 6.35. The van der Waals surface area contributed by atoms with Gasteiger partial charge in [0, 0.05) is 12.5 Å². The van der Waals surface area contributed by atoms with Crippen molar-refractivity contribution in [1.29, 1.82) is 0 Å². The Morgan fingerprint density at radius 3 is 2.83 bits per heavy atom. The molecule has 0 aromatic heterocycles. The summed E-state index contributed by atoms with van der Waals surface area (Å²) in [5.41, 5.74) is 0. The van der Waals surface area contributed by atoms with Crippen molar-refractivity contribution in [3.8, 4) is 0 Å². The molecule has 0 aliphatic rings. The molecule has 0 aliphatic heterocycles. The minimum Gasteiger partial charge on any atom is -0.259 e. The van der Waals surface area contributed by atoms with Crippen LogP contribution in [0.15, 0.2) is 36.3 Å². The second kappa shape index (κ2) is 6.27. The fourth-order valence-corrected chi connectivity index (χ4v) is 0.516. The van der Waals surface area contributed by atoms with E-state index < -0.39 is 10.8 Å². The van der Waals surface area contributed by atoms with Crippen molar-refractivity contribution in [1.82, 2.24) is 0 Å². The molecule has 0 aliphatic carbocycles. The Bertz CT molecular complexity index is 231. The van der Waals surface area contributed by atoms with Crippen LogP contribution in [0.4, 0.5) is 4.39 Å². The Kier molecular flexibility index (Phi) is 5.51. The highest BCUT2D eigenvalue weighted by atomic mass is 19.1. The summed E-state index contributed by atoms with van der Waals surface area (Å²) < 4.78 is 12.6. The smallest absolute Gasteiger partial charge is 0.234 e. The highest BCUT2D eigenvalue weighted by Gasteiger charge is 1.88. The SMILES string of the molecule is CC=CC/C(F)=C\C=C\[N+](=O)[O-]. The quantitative estimate of drug-likeness (QED) is 0.282. The third-order valence-corrected chi connectivity index (χ3v) is 1.03. The summed E-state index contributed by atoms with van der Waals surface area (Å²) >= 11 is 0. The molecule has 0 spiro atoms. The Labute approximate surface area is 70.0 Å². The molecule has 0 bridgehead atoms. The summed E-state index contributed by atoms with van der Waals surface area (Å²) in [4.78, 5) is 9.11. The first-order valence-electron chi connectivity index (χ1n) is 3.44. The van der Waals surface area contributed by atoms with Crippen LogP contribution in [0, 0.1) is 10.1 Å². The number of nitrogens with zero attached hydrogens (tertiary/aromatic N) is 1. The van der Waals surface area contributed by atoms with E-state index in [2.05, 4.69) is 0 Å². The van der Waals surface area contributed by atoms with Gasteiger partial charge in [-0.15, -0.1) is 0 Å². The number of rotatable bonds is 4. The van der Waals surface area contributed by atoms with Crippen LogP contribution < -0.4 is 0 Å². The van der Waals surface area contributed by atoms with E-state index in [-0.39, 0.29) is 6.42 Å². The van der Waals surface area contributed by atoms with Gasteiger partial charge in [0.25, 0.3) is 0 Å². The monoisotopic (exact) mass is 171 g/mol. The maximum atomic E-state index is 12.6. The average molecular weight is 171 g/mol. The van der Waals surface area contributed by atoms with Gasteiger partial charge < -0.3 is 0 Å². The summed E-state index contributed by atoms with van der Waals surface area (Å²) in [6, 6.07) is 0. The molecule has 0 heterocycles. The molecule has 12 heavy (non-hydrogen) atoms. The Balaban J connectivity index is 3.91. The van der Waals surface area contributed by atoms with Crippen LogP contribution in [0.5, 0.6) is 0 Å². The molecule has 0 radical (unpaired) electrons. The molecule has 0 saturated heterocycles. The van der Waals surface area contributed by atoms with Gasteiger partial charge in [-0.3, -0.25) is 10.1 Å². The van der Waals surface area contributed by atoms with Crippen LogP contribution in [-0.2, 0) is 0 Å². The molecule has 0 unspecified atom stereocenters. The second-order valence-electron chi connectivity index (χ2n) is 2.01. The summed E-state index contributed by atoms with van der Waals surface area (Å²) in [5, 5.41) is 9.75. The van der Waals surface area contributed by atoms with E-state index in [0.29, 0.717) is 6.20 Å². The van der Waals surface area contributed by atoms with Crippen LogP contribution in [0.2, 0.25) is 0 Å². The number of nitro groups is 1. The van der Waals surface area contributed by atoms with Crippen LogP contribution in [0.25, 0.3) is 0 Å². The maximum Gasteiger partial charge on any atom is 0.234 e. The lowest BCUT2D eigenvalue weighted by atomic mass is 10.3. The predicted octanol–water partition coefficient (Wildman–Crippen LogP) is 2.60. The lowest BCUT2D eigenvalue weighted by Gasteiger charge is -1.85. The maximum absolute atomic E-state index is 12.6. The van der Waals surface area contributed by atoms with Gasteiger partial charge in [0.2, 0.25) is 6.20 Å². The van der Waals surface area contributed by atoms with Gasteiger partial charge in [-0.2, -0.15) is 0 Å². The highest BCUT2D eigenvalue weighted by Crippen LogP contribution is 2.03. The predicted molar refractivity (Wildman–Crippen MR) is 44.8 cm³/mol. The molecule has 4 heteroatoms. The van der Waals surface area contributed by atoms with E-state index in [1.165, 1.54) is 0 Å². The Morgan fingerprint density at radius 1 is 1.67 bits per heavy atom. The van der Waals surface area contributed by atoms with Crippen molar-refractivity contribution < 1.29 is 9.31 Å². The molecule has 0 N–H and O–H groups in total. The molecule has 0 aromatic rings. The number of hydrogen-bond acceptors (Lipinski definition) is 2. The average Bonchev–Trinajstić information content (AvgIpc) is 2.00. The first-order chi connectivity index (χ1) is 5.66. The lowest BCUT2D eigenvalue weighted by molar-refractivity contribution is -0.402. The van der Waals surface area contributed by atoms with Crippen molar-refractivity contribution in [3.05, 3.63) is 46.4 Å². The van der Waals surface area contributed by atoms with Crippen molar-refractivity contribution in [2.75, 3.05) is 0 Å². The minimum absolute atomic E-state index is 0.179. The Morgan fingerprint density at radius 2 is 2.33 bits per heavy atom.